The first-order valence-corrected chi connectivity index (χ1v) is 5.65. The molecule has 0 bridgehead atoms. The number of anilines is 1. The van der Waals surface area contributed by atoms with E-state index in [-0.39, 0.29) is 5.56 Å². The highest BCUT2D eigenvalue weighted by atomic mass is 32.1. The lowest BCUT2D eigenvalue weighted by molar-refractivity contribution is -0.138. The Balaban J connectivity index is 2.51. The van der Waals surface area contributed by atoms with E-state index < -0.39 is 11.7 Å². The zero-order chi connectivity index (χ0) is 12.6. The van der Waals surface area contributed by atoms with Crippen LogP contribution in [0, 0.1) is 6.92 Å². The molecule has 0 atom stereocenters. The van der Waals surface area contributed by atoms with E-state index >= 15 is 0 Å². The third kappa shape index (κ3) is 2.41. The molecular weight excluding hydrogens is 249 g/mol. The molecule has 2 nitrogen and oxygen atoms in total. The number of nitrogen functional groups attached to an aromatic ring is 1. The van der Waals surface area contributed by atoms with Crippen LogP contribution >= 0.6 is 11.3 Å². The number of nitrogens with two attached hydrogens (primary N) is 1. The predicted molar refractivity (Wildman–Crippen MR) is 61.7 cm³/mol. The van der Waals surface area contributed by atoms with Crippen molar-refractivity contribution < 1.29 is 13.2 Å². The minimum absolute atomic E-state index is 0.199. The smallest absolute Gasteiger partial charge is 0.375 e. The first-order chi connectivity index (χ1) is 7.88. The molecule has 0 aliphatic carbocycles. The number of alkyl halides is 3. The number of benzene rings is 1. The van der Waals surface area contributed by atoms with Gasteiger partial charge >= 0.3 is 6.18 Å². The average Bonchev–Trinajstić information content (AvgIpc) is 2.64. The lowest BCUT2D eigenvalue weighted by Crippen LogP contribution is -2.07. The van der Waals surface area contributed by atoms with Gasteiger partial charge in [-0.25, -0.2) is 4.98 Å². The number of halogens is 3. The third-order valence-electron chi connectivity index (χ3n) is 2.36. The zero-order valence-electron chi connectivity index (χ0n) is 8.88. The fourth-order valence-corrected chi connectivity index (χ4v) is 2.08. The summed E-state index contributed by atoms with van der Waals surface area (Å²) in [6.07, 6.45) is -4.35. The van der Waals surface area contributed by atoms with Crippen LogP contribution in [-0.4, -0.2) is 4.98 Å². The summed E-state index contributed by atoms with van der Waals surface area (Å²) in [5.74, 6) is 0. The monoisotopic (exact) mass is 258 g/mol. The molecule has 0 saturated carbocycles. The van der Waals surface area contributed by atoms with Gasteiger partial charge in [0.1, 0.15) is 0 Å². The van der Waals surface area contributed by atoms with Crippen LogP contribution in [0.3, 0.4) is 0 Å². The Morgan fingerprint density at radius 3 is 2.53 bits per heavy atom. The summed E-state index contributed by atoms with van der Waals surface area (Å²) in [6, 6.07) is 4.15. The topological polar surface area (TPSA) is 38.9 Å². The highest BCUT2D eigenvalue weighted by Gasteiger charge is 2.32. The molecule has 6 heteroatoms. The molecule has 0 fully saturated rings. The largest absolute Gasteiger partial charge is 0.416 e. The molecule has 1 heterocycles. The van der Waals surface area contributed by atoms with Crippen LogP contribution in [0.1, 0.15) is 11.1 Å². The Labute approximate surface area is 99.9 Å². The molecule has 2 aromatic rings. The number of rotatable bonds is 1. The number of nitrogens with zero attached hydrogens (tertiary/aromatic N) is 1. The van der Waals surface area contributed by atoms with Gasteiger partial charge in [-0.3, -0.25) is 0 Å². The molecule has 2 N–H and O–H groups in total. The minimum Gasteiger partial charge on any atom is -0.375 e. The van der Waals surface area contributed by atoms with Crippen LogP contribution in [0.15, 0.2) is 23.6 Å². The van der Waals surface area contributed by atoms with Crippen molar-refractivity contribution in [2.45, 2.75) is 13.1 Å². The van der Waals surface area contributed by atoms with Gasteiger partial charge in [0.2, 0.25) is 0 Å². The van der Waals surface area contributed by atoms with E-state index in [0.29, 0.717) is 16.4 Å². The number of aryl methyl sites for hydroxylation is 1. The third-order valence-corrected chi connectivity index (χ3v) is 3.03. The number of thiazole rings is 1. The van der Waals surface area contributed by atoms with Gasteiger partial charge in [-0.1, -0.05) is 12.1 Å². The van der Waals surface area contributed by atoms with E-state index in [1.165, 1.54) is 24.3 Å². The molecule has 0 unspecified atom stereocenters. The maximum Gasteiger partial charge on any atom is 0.416 e. The minimum atomic E-state index is -4.35. The Morgan fingerprint density at radius 2 is 2.00 bits per heavy atom. The fourth-order valence-electron chi connectivity index (χ4n) is 1.51. The van der Waals surface area contributed by atoms with E-state index in [0.717, 1.165) is 6.07 Å². The Bertz CT molecular complexity index is 546. The van der Waals surface area contributed by atoms with Crippen molar-refractivity contribution >= 4 is 16.5 Å². The van der Waals surface area contributed by atoms with Crippen LogP contribution in [0.25, 0.3) is 11.3 Å². The Kier molecular flexibility index (Phi) is 2.82. The highest BCUT2D eigenvalue weighted by Crippen LogP contribution is 2.34. The van der Waals surface area contributed by atoms with Gasteiger partial charge in [-0.15, -0.1) is 11.3 Å². The molecule has 0 spiro atoms. The highest BCUT2D eigenvalue weighted by molar-refractivity contribution is 7.13. The quantitative estimate of drug-likeness (QED) is 0.846. The Morgan fingerprint density at radius 1 is 1.29 bits per heavy atom. The van der Waals surface area contributed by atoms with Crippen molar-refractivity contribution in [2.24, 2.45) is 0 Å². The SMILES string of the molecule is Cc1ccc(-c2csc(N)n2)cc1C(F)(F)F. The number of aromatic nitrogens is 1. The fraction of sp³-hybridized carbons (Fsp3) is 0.182. The van der Waals surface area contributed by atoms with Crippen LogP contribution in [-0.2, 0) is 6.18 Å². The molecule has 0 saturated heterocycles. The average molecular weight is 258 g/mol. The van der Waals surface area contributed by atoms with Gasteiger partial charge in [0.05, 0.1) is 11.3 Å². The van der Waals surface area contributed by atoms with Gasteiger partial charge in [-0.05, 0) is 18.6 Å². The predicted octanol–water partition coefficient (Wildman–Crippen LogP) is 3.72. The first-order valence-electron chi connectivity index (χ1n) is 4.77. The molecule has 90 valence electrons. The molecule has 0 radical (unpaired) electrons. The molecule has 1 aromatic carbocycles. The molecule has 17 heavy (non-hydrogen) atoms. The Hall–Kier alpha value is -1.56. The van der Waals surface area contributed by atoms with E-state index in [1.54, 1.807) is 11.4 Å². The molecule has 1 aromatic heterocycles. The molecule has 0 aliphatic rings. The van der Waals surface area contributed by atoms with E-state index in [4.69, 9.17) is 5.73 Å². The second-order valence-corrected chi connectivity index (χ2v) is 4.49. The van der Waals surface area contributed by atoms with Gasteiger partial charge in [0, 0.05) is 10.9 Å². The van der Waals surface area contributed by atoms with Crippen molar-refractivity contribution in [3.8, 4) is 11.3 Å². The van der Waals surface area contributed by atoms with Crippen molar-refractivity contribution in [1.82, 2.24) is 4.98 Å². The van der Waals surface area contributed by atoms with Gasteiger partial charge in [-0.2, -0.15) is 13.2 Å². The summed E-state index contributed by atoms with van der Waals surface area (Å²) in [7, 11) is 0. The summed E-state index contributed by atoms with van der Waals surface area (Å²) in [5.41, 5.74) is 5.91. The summed E-state index contributed by atoms with van der Waals surface area (Å²) in [4.78, 5) is 3.96. The van der Waals surface area contributed by atoms with Crippen LogP contribution < -0.4 is 5.73 Å². The molecule has 0 amide bonds. The summed E-state index contributed by atoms with van der Waals surface area (Å²) >= 11 is 1.20. The van der Waals surface area contributed by atoms with Gasteiger partial charge < -0.3 is 5.73 Å². The van der Waals surface area contributed by atoms with Gasteiger partial charge in [0.15, 0.2) is 5.13 Å². The van der Waals surface area contributed by atoms with Crippen LogP contribution in [0.4, 0.5) is 18.3 Å². The lowest BCUT2D eigenvalue weighted by Gasteiger charge is -2.11. The maximum absolute atomic E-state index is 12.7. The summed E-state index contributed by atoms with van der Waals surface area (Å²) in [5, 5.41) is 1.98. The maximum atomic E-state index is 12.7. The standard InChI is InChI=1S/C11H9F3N2S/c1-6-2-3-7(4-8(6)11(12,13)14)9-5-17-10(15)16-9/h2-5H,1H3,(H2,15,16). The normalized spacial score (nSPS) is 11.8. The van der Waals surface area contributed by atoms with E-state index in [2.05, 4.69) is 4.98 Å². The summed E-state index contributed by atoms with van der Waals surface area (Å²) in [6.45, 7) is 1.43. The van der Waals surface area contributed by atoms with E-state index in [9.17, 15) is 13.2 Å². The lowest BCUT2D eigenvalue weighted by atomic mass is 10.0. The van der Waals surface area contributed by atoms with Crippen LogP contribution in [0.2, 0.25) is 0 Å². The molecular formula is C11H9F3N2S. The summed E-state index contributed by atoms with van der Waals surface area (Å²) < 4.78 is 38.1. The van der Waals surface area contributed by atoms with Crippen molar-refractivity contribution in [1.29, 1.82) is 0 Å². The second kappa shape index (κ2) is 4.03. The van der Waals surface area contributed by atoms with E-state index in [1.807, 2.05) is 0 Å². The van der Waals surface area contributed by atoms with Crippen molar-refractivity contribution in [2.75, 3.05) is 5.73 Å². The molecule has 0 aliphatic heterocycles. The molecule has 2 rings (SSSR count). The van der Waals surface area contributed by atoms with Crippen molar-refractivity contribution in [3.63, 3.8) is 0 Å². The van der Waals surface area contributed by atoms with Gasteiger partial charge in [0.25, 0.3) is 0 Å². The second-order valence-electron chi connectivity index (χ2n) is 3.60. The van der Waals surface area contributed by atoms with Crippen molar-refractivity contribution in [3.05, 3.63) is 34.7 Å². The number of hydrogen-bond acceptors (Lipinski definition) is 3. The zero-order valence-corrected chi connectivity index (χ0v) is 9.69. The number of hydrogen-bond donors (Lipinski definition) is 1. The first kappa shape index (κ1) is 11.9. The van der Waals surface area contributed by atoms with Crippen LogP contribution in [0.5, 0.6) is 0 Å².